The van der Waals surface area contributed by atoms with Crippen LogP contribution < -0.4 is 5.32 Å². The van der Waals surface area contributed by atoms with Crippen molar-refractivity contribution < 1.29 is 13.9 Å². The van der Waals surface area contributed by atoms with Crippen LogP contribution in [0, 0.1) is 5.92 Å². The summed E-state index contributed by atoms with van der Waals surface area (Å²) < 4.78 is 12.4. The molecule has 1 unspecified atom stereocenters. The molecule has 0 spiro atoms. The van der Waals surface area contributed by atoms with Crippen molar-refractivity contribution in [2.45, 2.75) is 24.8 Å². The number of aromatic nitrogens is 2. The van der Waals surface area contributed by atoms with Crippen LogP contribution in [0.25, 0.3) is 11.5 Å². The Balaban J connectivity index is 1.44. The number of nitrogens with zero attached hydrogens (tertiary/aromatic N) is 3. The topological polar surface area (TPSA) is 72.5 Å². The molecule has 0 aromatic carbocycles. The summed E-state index contributed by atoms with van der Waals surface area (Å²) in [6.45, 7) is 2.96. The fourth-order valence-electron chi connectivity index (χ4n) is 4.47. The fourth-order valence-corrected chi connectivity index (χ4v) is 4.47. The quantitative estimate of drug-likeness (QED) is 0.850. The molecule has 4 atom stereocenters. The van der Waals surface area contributed by atoms with Gasteiger partial charge >= 0.3 is 0 Å². The number of rotatable bonds is 6. The molecule has 7 nitrogen and oxygen atoms in total. The Labute approximate surface area is 153 Å². The highest BCUT2D eigenvalue weighted by atomic mass is 16.5. The first kappa shape index (κ1) is 17.3. The first-order chi connectivity index (χ1) is 12.7. The van der Waals surface area contributed by atoms with Crippen LogP contribution in [0.4, 0.5) is 0 Å². The van der Waals surface area contributed by atoms with E-state index in [-0.39, 0.29) is 12.5 Å². The molecule has 7 heteroatoms. The average Bonchev–Trinajstić information content (AvgIpc) is 3.30. The first-order valence-electron chi connectivity index (χ1n) is 9.23. The van der Waals surface area contributed by atoms with Crippen LogP contribution in [0.5, 0.6) is 0 Å². The summed E-state index contributed by atoms with van der Waals surface area (Å²) >= 11 is 0. The predicted molar refractivity (Wildman–Crippen MR) is 96.6 cm³/mol. The van der Waals surface area contributed by atoms with Crippen LogP contribution >= 0.6 is 0 Å². The van der Waals surface area contributed by atoms with Gasteiger partial charge in [-0.3, -0.25) is 14.4 Å². The third kappa shape index (κ3) is 3.29. The number of carbonyl (C=O) groups excluding carboxylic acids is 1. The van der Waals surface area contributed by atoms with Crippen molar-refractivity contribution >= 4 is 5.91 Å². The number of piperidine rings is 3. The van der Waals surface area contributed by atoms with Gasteiger partial charge in [0.1, 0.15) is 12.3 Å². The van der Waals surface area contributed by atoms with E-state index in [0.29, 0.717) is 24.4 Å². The fraction of sp³-hybridized carbons (Fsp3) is 0.579. The molecule has 2 aromatic rings. The van der Waals surface area contributed by atoms with Gasteiger partial charge in [-0.1, -0.05) is 0 Å². The summed E-state index contributed by atoms with van der Waals surface area (Å²) in [5.41, 5.74) is 2.17. The van der Waals surface area contributed by atoms with Gasteiger partial charge in [-0.25, -0.2) is 0 Å². The summed E-state index contributed by atoms with van der Waals surface area (Å²) in [6.07, 6.45) is 3.99. The second kappa shape index (κ2) is 7.25. The third-order valence-electron chi connectivity index (χ3n) is 5.76. The first-order valence-corrected chi connectivity index (χ1v) is 9.23. The van der Waals surface area contributed by atoms with E-state index >= 15 is 0 Å². The lowest BCUT2D eigenvalue weighted by atomic mass is 9.74. The number of fused-ring (bicyclic) bond motifs is 3. The molecule has 26 heavy (non-hydrogen) atoms. The van der Waals surface area contributed by atoms with Crippen LogP contribution in [-0.2, 0) is 16.6 Å². The summed E-state index contributed by atoms with van der Waals surface area (Å²) in [6, 6.07) is 6.42. The molecule has 0 radical (unpaired) electrons. The number of furan rings is 1. The maximum atomic E-state index is 11.7. The van der Waals surface area contributed by atoms with E-state index in [1.54, 1.807) is 13.4 Å². The van der Waals surface area contributed by atoms with Crippen molar-refractivity contribution in [2.24, 2.45) is 13.0 Å². The molecule has 0 aliphatic carbocycles. The molecule has 0 saturated carbocycles. The molecule has 2 aromatic heterocycles. The number of aryl methyl sites for hydroxylation is 1. The molecule has 3 aliphatic rings. The number of methoxy groups -OCH3 is 1. The number of carbonyl (C=O) groups is 1. The number of ether oxygens (including phenoxy) is 1. The zero-order valence-corrected chi connectivity index (χ0v) is 15.4. The maximum Gasteiger partial charge on any atom is 0.246 e. The Kier molecular flexibility index (Phi) is 4.82. The Hall–Kier alpha value is -2.12. The van der Waals surface area contributed by atoms with Crippen molar-refractivity contribution in [3.05, 3.63) is 30.2 Å². The van der Waals surface area contributed by atoms with Gasteiger partial charge in [-0.15, -0.1) is 0 Å². The van der Waals surface area contributed by atoms with Crippen molar-refractivity contribution in [3.63, 3.8) is 0 Å². The van der Waals surface area contributed by atoms with E-state index in [1.165, 1.54) is 12.1 Å². The summed E-state index contributed by atoms with van der Waals surface area (Å²) in [5.74, 6) is 1.88. The number of hydrogen-bond acceptors (Lipinski definition) is 5. The summed E-state index contributed by atoms with van der Waals surface area (Å²) in [4.78, 5) is 14.2. The van der Waals surface area contributed by atoms with Gasteiger partial charge in [0.2, 0.25) is 5.91 Å². The summed E-state index contributed by atoms with van der Waals surface area (Å²) in [7, 11) is 3.56. The van der Waals surface area contributed by atoms with Crippen LogP contribution in [0.3, 0.4) is 0 Å². The SMILES string of the molecule is COCC(=O)NC[C@H]1C[C@@H]2CCN1C[C@@H]2c1cc(-c2ccco2)nn1C. The summed E-state index contributed by atoms with van der Waals surface area (Å²) in [5, 5.41) is 7.64. The Morgan fingerprint density at radius 2 is 2.38 bits per heavy atom. The van der Waals surface area contributed by atoms with Gasteiger partial charge in [0.25, 0.3) is 0 Å². The standard InChI is InChI=1S/C19H26N4O3/c1-22-17(9-16(21-22)18-4-3-7-26-18)15-11-23-6-5-13(15)8-14(23)10-20-19(24)12-25-2/h3-4,7,9,13-15H,5-6,8,10-12H2,1-2H3,(H,20,24)/t13-,14+,15-/m0/s1. The molecule has 1 N–H and O–H groups in total. The van der Waals surface area contributed by atoms with Gasteiger partial charge in [0, 0.05) is 44.9 Å². The Morgan fingerprint density at radius 3 is 3.08 bits per heavy atom. The molecular formula is C19H26N4O3. The minimum absolute atomic E-state index is 0.0404. The maximum absolute atomic E-state index is 11.7. The molecule has 140 valence electrons. The van der Waals surface area contributed by atoms with E-state index in [2.05, 4.69) is 21.4 Å². The smallest absolute Gasteiger partial charge is 0.246 e. The Morgan fingerprint density at radius 1 is 1.50 bits per heavy atom. The van der Waals surface area contributed by atoms with Crippen molar-refractivity contribution in [1.29, 1.82) is 0 Å². The van der Waals surface area contributed by atoms with Crippen molar-refractivity contribution in [2.75, 3.05) is 33.4 Å². The molecule has 3 saturated heterocycles. The lowest BCUT2D eigenvalue weighted by Gasteiger charge is -2.49. The number of nitrogens with one attached hydrogen (secondary N) is 1. The number of hydrogen-bond donors (Lipinski definition) is 1. The molecule has 3 aliphatic heterocycles. The third-order valence-corrected chi connectivity index (χ3v) is 5.76. The van der Waals surface area contributed by atoms with E-state index in [1.807, 2.05) is 23.9 Å². The average molecular weight is 358 g/mol. The van der Waals surface area contributed by atoms with E-state index < -0.39 is 0 Å². The highest BCUT2D eigenvalue weighted by molar-refractivity contribution is 5.77. The van der Waals surface area contributed by atoms with Crippen LogP contribution in [0.2, 0.25) is 0 Å². The molecule has 1 amide bonds. The van der Waals surface area contributed by atoms with Gasteiger partial charge in [0.05, 0.1) is 6.26 Å². The van der Waals surface area contributed by atoms with Crippen molar-refractivity contribution in [1.82, 2.24) is 20.0 Å². The van der Waals surface area contributed by atoms with E-state index in [0.717, 1.165) is 31.0 Å². The van der Waals surface area contributed by atoms with Crippen LogP contribution in [-0.4, -0.2) is 60.0 Å². The highest BCUT2D eigenvalue weighted by Crippen LogP contribution is 2.42. The highest BCUT2D eigenvalue weighted by Gasteiger charge is 2.41. The van der Waals surface area contributed by atoms with Gasteiger partial charge in [0.15, 0.2) is 5.76 Å². The second-order valence-electron chi connectivity index (χ2n) is 7.33. The van der Waals surface area contributed by atoms with Gasteiger partial charge < -0.3 is 14.5 Å². The molecule has 3 fully saturated rings. The van der Waals surface area contributed by atoms with Gasteiger partial charge in [-0.05, 0) is 43.5 Å². The molecular weight excluding hydrogens is 332 g/mol. The van der Waals surface area contributed by atoms with E-state index in [4.69, 9.17) is 9.15 Å². The van der Waals surface area contributed by atoms with Crippen LogP contribution in [0.15, 0.2) is 28.9 Å². The minimum Gasteiger partial charge on any atom is -0.463 e. The Bertz CT molecular complexity index is 755. The number of amides is 1. The monoisotopic (exact) mass is 358 g/mol. The molecule has 5 heterocycles. The molecule has 5 rings (SSSR count). The second-order valence-corrected chi connectivity index (χ2v) is 7.33. The normalized spacial score (nSPS) is 27.6. The van der Waals surface area contributed by atoms with E-state index in [9.17, 15) is 4.79 Å². The minimum atomic E-state index is -0.0404. The molecule has 2 bridgehead atoms. The lowest BCUT2D eigenvalue weighted by Crippen LogP contribution is -2.56. The zero-order valence-electron chi connectivity index (χ0n) is 15.4. The predicted octanol–water partition coefficient (Wildman–Crippen LogP) is 1.62. The van der Waals surface area contributed by atoms with Crippen molar-refractivity contribution in [3.8, 4) is 11.5 Å². The van der Waals surface area contributed by atoms with Crippen LogP contribution in [0.1, 0.15) is 24.5 Å². The van der Waals surface area contributed by atoms with Gasteiger partial charge in [-0.2, -0.15) is 5.10 Å². The lowest BCUT2D eigenvalue weighted by molar-refractivity contribution is -0.125. The largest absolute Gasteiger partial charge is 0.463 e. The zero-order chi connectivity index (χ0) is 18.1.